The Morgan fingerprint density at radius 1 is 1.37 bits per heavy atom. The maximum atomic E-state index is 11.1. The van der Waals surface area contributed by atoms with Gasteiger partial charge in [-0.05, 0) is 23.8 Å². The minimum Gasteiger partial charge on any atom is -0.353 e. The van der Waals surface area contributed by atoms with Gasteiger partial charge in [-0.25, -0.2) is 0 Å². The van der Waals surface area contributed by atoms with Gasteiger partial charge in [0.25, 0.3) is 0 Å². The molecule has 3 aromatic rings. The lowest BCUT2D eigenvalue weighted by atomic mass is 10.1. The van der Waals surface area contributed by atoms with Gasteiger partial charge in [0.15, 0.2) is 0 Å². The second-order valence-corrected chi connectivity index (χ2v) is 4.87. The van der Waals surface area contributed by atoms with Gasteiger partial charge < -0.3 is 10.3 Å². The summed E-state index contributed by atoms with van der Waals surface area (Å²) in [6.07, 6.45) is 2.75. The van der Waals surface area contributed by atoms with Crippen LogP contribution in [0.2, 0.25) is 0 Å². The lowest BCUT2D eigenvalue weighted by molar-refractivity contribution is -0.114. The fraction of sp³-hybridized carbons (Fsp3) is 0.143. The molecule has 0 radical (unpaired) electrons. The Bertz CT molecular complexity index is 812. The number of hydrogen-bond acceptors (Lipinski definition) is 2. The molecule has 0 spiro atoms. The SMILES string of the molecule is CC(=O)Nc1ccc2[nH]c3c(c2c1)Cc1cn[nH]c1-3. The fourth-order valence-corrected chi connectivity index (χ4v) is 2.78. The molecule has 4 rings (SSSR count). The van der Waals surface area contributed by atoms with Crippen LogP contribution in [0.4, 0.5) is 5.69 Å². The molecular weight excluding hydrogens is 240 g/mol. The standard InChI is InChI=1S/C14H12N4O/c1-7(19)16-9-2-3-12-10(5-9)11-4-8-6-15-18-13(8)14(11)17-12/h2-3,5-6,17H,4H2,1H3,(H,15,18)(H,16,19). The summed E-state index contributed by atoms with van der Waals surface area (Å²) >= 11 is 0. The molecule has 1 amide bonds. The Labute approximate surface area is 109 Å². The van der Waals surface area contributed by atoms with Crippen molar-refractivity contribution in [3.8, 4) is 11.4 Å². The van der Waals surface area contributed by atoms with E-state index in [0.29, 0.717) is 0 Å². The van der Waals surface area contributed by atoms with Crippen molar-refractivity contribution in [2.24, 2.45) is 0 Å². The molecule has 0 saturated carbocycles. The maximum Gasteiger partial charge on any atom is 0.221 e. The minimum atomic E-state index is -0.0547. The molecule has 3 N–H and O–H groups in total. The van der Waals surface area contributed by atoms with Crippen molar-refractivity contribution in [2.45, 2.75) is 13.3 Å². The third kappa shape index (κ3) is 1.41. The zero-order valence-electron chi connectivity index (χ0n) is 10.4. The molecule has 0 fully saturated rings. The number of rotatable bonds is 1. The van der Waals surface area contributed by atoms with Gasteiger partial charge in [0, 0.05) is 35.5 Å². The molecule has 0 unspecified atom stereocenters. The molecule has 19 heavy (non-hydrogen) atoms. The van der Waals surface area contributed by atoms with Gasteiger partial charge in [-0.15, -0.1) is 0 Å². The van der Waals surface area contributed by atoms with Crippen LogP contribution in [0, 0.1) is 0 Å². The molecule has 1 aliphatic rings. The molecule has 1 aromatic carbocycles. The van der Waals surface area contributed by atoms with Crippen molar-refractivity contribution in [1.82, 2.24) is 15.2 Å². The summed E-state index contributed by atoms with van der Waals surface area (Å²) in [4.78, 5) is 14.5. The second-order valence-electron chi connectivity index (χ2n) is 4.87. The molecule has 94 valence electrons. The van der Waals surface area contributed by atoms with E-state index in [1.807, 2.05) is 24.4 Å². The van der Waals surface area contributed by atoms with Crippen LogP contribution in [0.3, 0.4) is 0 Å². The zero-order chi connectivity index (χ0) is 13.0. The molecule has 0 saturated heterocycles. The van der Waals surface area contributed by atoms with Crippen LogP contribution in [-0.2, 0) is 11.2 Å². The van der Waals surface area contributed by atoms with E-state index in [-0.39, 0.29) is 5.91 Å². The zero-order valence-corrected chi connectivity index (χ0v) is 10.4. The monoisotopic (exact) mass is 252 g/mol. The molecule has 2 heterocycles. The van der Waals surface area contributed by atoms with Gasteiger partial charge in [0.05, 0.1) is 17.6 Å². The second kappa shape index (κ2) is 3.47. The molecular formula is C14H12N4O. The Hall–Kier alpha value is -2.56. The van der Waals surface area contributed by atoms with Gasteiger partial charge in [-0.2, -0.15) is 5.10 Å². The van der Waals surface area contributed by atoms with Crippen LogP contribution < -0.4 is 5.32 Å². The quantitative estimate of drug-likeness (QED) is 0.486. The largest absolute Gasteiger partial charge is 0.353 e. The van der Waals surface area contributed by atoms with Crippen LogP contribution >= 0.6 is 0 Å². The number of carbonyl (C=O) groups excluding carboxylic acids is 1. The van der Waals surface area contributed by atoms with E-state index < -0.39 is 0 Å². The Morgan fingerprint density at radius 2 is 2.26 bits per heavy atom. The van der Waals surface area contributed by atoms with Crippen molar-refractivity contribution in [3.05, 3.63) is 35.5 Å². The molecule has 5 nitrogen and oxygen atoms in total. The number of fused-ring (bicyclic) bond motifs is 5. The smallest absolute Gasteiger partial charge is 0.221 e. The Balaban J connectivity index is 1.91. The van der Waals surface area contributed by atoms with E-state index >= 15 is 0 Å². The number of nitrogens with one attached hydrogen (secondary N) is 3. The summed E-state index contributed by atoms with van der Waals surface area (Å²) in [6.45, 7) is 1.52. The Morgan fingerprint density at radius 3 is 3.11 bits per heavy atom. The fourth-order valence-electron chi connectivity index (χ4n) is 2.78. The van der Waals surface area contributed by atoms with E-state index in [1.165, 1.54) is 18.1 Å². The highest BCUT2D eigenvalue weighted by molar-refractivity contribution is 5.97. The van der Waals surface area contributed by atoms with Crippen molar-refractivity contribution in [2.75, 3.05) is 5.32 Å². The van der Waals surface area contributed by atoms with E-state index in [9.17, 15) is 4.79 Å². The lowest BCUT2D eigenvalue weighted by Gasteiger charge is -2.02. The van der Waals surface area contributed by atoms with Gasteiger partial charge in [-0.1, -0.05) is 0 Å². The van der Waals surface area contributed by atoms with Crippen LogP contribution in [0.1, 0.15) is 18.1 Å². The van der Waals surface area contributed by atoms with E-state index in [0.717, 1.165) is 34.4 Å². The summed E-state index contributed by atoms with van der Waals surface area (Å²) in [5.41, 5.74) is 6.59. The first kappa shape index (κ1) is 10.4. The molecule has 0 atom stereocenters. The number of nitrogens with zero attached hydrogens (tertiary/aromatic N) is 1. The van der Waals surface area contributed by atoms with E-state index in [1.54, 1.807) is 0 Å². The van der Waals surface area contributed by atoms with Gasteiger partial charge in [0.1, 0.15) is 0 Å². The number of aromatic amines is 2. The van der Waals surface area contributed by atoms with Gasteiger partial charge in [-0.3, -0.25) is 9.89 Å². The highest BCUT2D eigenvalue weighted by Gasteiger charge is 2.24. The predicted molar refractivity (Wildman–Crippen MR) is 73.0 cm³/mol. The average molecular weight is 252 g/mol. The summed E-state index contributed by atoms with van der Waals surface area (Å²) in [5.74, 6) is -0.0547. The number of H-pyrrole nitrogens is 2. The van der Waals surface area contributed by atoms with Crippen molar-refractivity contribution in [3.63, 3.8) is 0 Å². The molecule has 0 aliphatic heterocycles. The molecule has 1 aliphatic carbocycles. The first-order valence-electron chi connectivity index (χ1n) is 6.17. The topological polar surface area (TPSA) is 73.6 Å². The van der Waals surface area contributed by atoms with Crippen molar-refractivity contribution in [1.29, 1.82) is 0 Å². The highest BCUT2D eigenvalue weighted by Crippen LogP contribution is 2.39. The van der Waals surface area contributed by atoms with Crippen LogP contribution in [0.25, 0.3) is 22.3 Å². The number of benzene rings is 1. The number of anilines is 1. The summed E-state index contributed by atoms with van der Waals surface area (Å²) in [7, 11) is 0. The summed E-state index contributed by atoms with van der Waals surface area (Å²) < 4.78 is 0. The van der Waals surface area contributed by atoms with Crippen molar-refractivity contribution < 1.29 is 4.79 Å². The number of carbonyl (C=O) groups is 1. The molecule has 0 bridgehead atoms. The number of hydrogen-bond donors (Lipinski definition) is 3. The highest BCUT2D eigenvalue weighted by atomic mass is 16.1. The lowest BCUT2D eigenvalue weighted by Crippen LogP contribution is -2.05. The number of aromatic nitrogens is 3. The van der Waals surface area contributed by atoms with E-state index in [4.69, 9.17) is 0 Å². The van der Waals surface area contributed by atoms with Gasteiger partial charge >= 0.3 is 0 Å². The minimum absolute atomic E-state index is 0.0547. The summed E-state index contributed by atoms with van der Waals surface area (Å²) in [6, 6.07) is 5.92. The third-order valence-electron chi connectivity index (χ3n) is 3.56. The maximum absolute atomic E-state index is 11.1. The van der Waals surface area contributed by atoms with Crippen LogP contribution in [0.5, 0.6) is 0 Å². The molecule has 5 heteroatoms. The normalized spacial score (nSPS) is 12.5. The van der Waals surface area contributed by atoms with Crippen LogP contribution in [0.15, 0.2) is 24.4 Å². The van der Waals surface area contributed by atoms with Gasteiger partial charge in [0.2, 0.25) is 5.91 Å². The number of amides is 1. The molecule has 2 aromatic heterocycles. The first-order chi connectivity index (χ1) is 9.22. The predicted octanol–water partition coefficient (Wildman–Crippen LogP) is 2.42. The van der Waals surface area contributed by atoms with E-state index in [2.05, 4.69) is 20.5 Å². The third-order valence-corrected chi connectivity index (χ3v) is 3.56. The first-order valence-corrected chi connectivity index (χ1v) is 6.17. The Kier molecular flexibility index (Phi) is 1.90. The average Bonchev–Trinajstić information content (AvgIpc) is 2.99. The van der Waals surface area contributed by atoms with Crippen LogP contribution in [-0.4, -0.2) is 21.1 Å². The summed E-state index contributed by atoms with van der Waals surface area (Å²) in [5, 5.41) is 11.1. The van der Waals surface area contributed by atoms with Crippen molar-refractivity contribution >= 4 is 22.5 Å².